The van der Waals surface area contributed by atoms with E-state index in [0.717, 1.165) is 55.7 Å². The number of hydrogen-bond acceptors (Lipinski definition) is 4. The van der Waals surface area contributed by atoms with E-state index in [9.17, 15) is 0 Å². The zero-order chi connectivity index (χ0) is 32.0. The summed E-state index contributed by atoms with van der Waals surface area (Å²) in [6.07, 6.45) is 0. The molecule has 0 radical (unpaired) electrons. The third-order valence-corrected chi connectivity index (χ3v) is 10.1. The molecule has 2 heterocycles. The Bertz CT molecular complexity index is 2690. The summed E-state index contributed by atoms with van der Waals surface area (Å²) < 4.78 is 12.8. The highest BCUT2D eigenvalue weighted by Crippen LogP contribution is 2.51. The van der Waals surface area contributed by atoms with Crippen LogP contribution in [0.15, 0.2) is 154 Å². The first-order valence-electron chi connectivity index (χ1n) is 16.4. The molecule has 4 nitrogen and oxygen atoms in total. The molecule has 0 atom stereocenters. The van der Waals surface area contributed by atoms with Crippen LogP contribution >= 0.6 is 0 Å². The molecule has 0 bridgehead atoms. The van der Waals surface area contributed by atoms with Crippen molar-refractivity contribution in [3.63, 3.8) is 0 Å². The van der Waals surface area contributed by atoms with Gasteiger partial charge in [0, 0.05) is 44.6 Å². The fraction of sp³-hybridized carbons (Fsp3) is 0.0682. The molecule has 10 rings (SSSR count). The van der Waals surface area contributed by atoms with Crippen molar-refractivity contribution in [1.29, 1.82) is 0 Å². The van der Waals surface area contributed by atoms with Crippen molar-refractivity contribution in [3.05, 3.63) is 157 Å². The van der Waals surface area contributed by atoms with Crippen molar-refractivity contribution >= 4 is 60.9 Å². The first-order valence-corrected chi connectivity index (χ1v) is 16.4. The second kappa shape index (κ2) is 9.93. The third kappa shape index (κ3) is 3.86. The fourth-order valence-electron chi connectivity index (χ4n) is 7.78. The van der Waals surface area contributed by atoms with Crippen LogP contribution in [0.25, 0.3) is 66.4 Å². The molecule has 1 aliphatic rings. The normalized spacial score (nSPS) is 13.4. The highest BCUT2D eigenvalue weighted by Gasteiger charge is 2.36. The number of benzene rings is 7. The van der Waals surface area contributed by atoms with Crippen molar-refractivity contribution in [3.8, 4) is 22.6 Å². The van der Waals surface area contributed by atoms with Gasteiger partial charge in [0.05, 0.1) is 5.69 Å². The molecule has 0 N–H and O–H groups in total. The van der Waals surface area contributed by atoms with E-state index in [4.69, 9.17) is 13.8 Å². The van der Waals surface area contributed by atoms with Gasteiger partial charge in [0.2, 0.25) is 5.89 Å². The minimum Gasteiger partial charge on any atom is -0.456 e. The number of oxazole rings is 1. The molecule has 0 amide bonds. The van der Waals surface area contributed by atoms with Gasteiger partial charge in [0.15, 0.2) is 5.58 Å². The van der Waals surface area contributed by atoms with Crippen LogP contribution in [0.3, 0.4) is 0 Å². The summed E-state index contributed by atoms with van der Waals surface area (Å²) in [5.41, 5.74) is 12.6. The molecule has 0 saturated heterocycles. The van der Waals surface area contributed by atoms with Crippen molar-refractivity contribution < 1.29 is 8.83 Å². The lowest BCUT2D eigenvalue weighted by molar-refractivity contribution is 0.620. The summed E-state index contributed by atoms with van der Waals surface area (Å²) in [6, 6.07) is 51.3. The minimum atomic E-state index is -0.115. The highest BCUT2D eigenvalue weighted by molar-refractivity contribution is 6.13. The molecule has 2 aromatic heterocycles. The summed E-state index contributed by atoms with van der Waals surface area (Å²) in [5, 5.41) is 4.40. The van der Waals surface area contributed by atoms with Gasteiger partial charge in [0.1, 0.15) is 16.7 Å². The van der Waals surface area contributed by atoms with Crippen LogP contribution in [0, 0.1) is 0 Å². The molecular weight excluding hydrogens is 588 g/mol. The first-order chi connectivity index (χ1) is 23.5. The van der Waals surface area contributed by atoms with Crippen molar-refractivity contribution in [2.24, 2.45) is 0 Å². The second-order valence-electron chi connectivity index (χ2n) is 13.2. The Morgan fingerprint density at radius 3 is 2.17 bits per heavy atom. The molecule has 228 valence electrons. The van der Waals surface area contributed by atoms with E-state index in [-0.39, 0.29) is 5.41 Å². The topological polar surface area (TPSA) is 42.4 Å². The van der Waals surface area contributed by atoms with Gasteiger partial charge < -0.3 is 13.7 Å². The van der Waals surface area contributed by atoms with Crippen LogP contribution in [0.2, 0.25) is 0 Å². The van der Waals surface area contributed by atoms with E-state index in [1.165, 1.54) is 33.0 Å². The van der Waals surface area contributed by atoms with E-state index in [0.29, 0.717) is 5.89 Å². The van der Waals surface area contributed by atoms with Crippen LogP contribution in [-0.4, -0.2) is 4.98 Å². The fourth-order valence-corrected chi connectivity index (χ4v) is 7.78. The molecule has 7 aromatic carbocycles. The average molecular weight is 619 g/mol. The predicted molar refractivity (Wildman–Crippen MR) is 196 cm³/mol. The summed E-state index contributed by atoms with van der Waals surface area (Å²) in [4.78, 5) is 7.18. The van der Waals surface area contributed by atoms with Gasteiger partial charge in [0.25, 0.3) is 0 Å². The first kappa shape index (κ1) is 27.0. The molecule has 1 aliphatic carbocycles. The Labute approximate surface area is 277 Å². The second-order valence-corrected chi connectivity index (χ2v) is 13.2. The number of aromatic nitrogens is 1. The van der Waals surface area contributed by atoms with Crippen molar-refractivity contribution in [2.75, 3.05) is 4.90 Å². The Hall–Kier alpha value is -6.13. The van der Waals surface area contributed by atoms with E-state index >= 15 is 0 Å². The largest absolute Gasteiger partial charge is 0.456 e. The lowest BCUT2D eigenvalue weighted by atomic mass is 9.82. The van der Waals surface area contributed by atoms with Crippen LogP contribution in [0.4, 0.5) is 17.1 Å². The number of nitrogens with zero attached hydrogens (tertiary/aromatic N) is 2. The van der Waals surface area contributed by atoms with Crippen LogP contribution in [0.1, 0.15) is 25.0 Å². The molecule has 9 aromatic rings. The van der Waals surface area contributed by atoms with Gasteiger partial charge in [-0.1, -0.05) is 98.8 Å². The maximum atomic E-state index is 6.59. The van der Waals surface area contributed by atoms with E-state index in [1.54, 1.807) is 0 Å². The zero-order valence-corrected chi connectivity index (χ0v) is 26.6. The molecule has 0 fully saturated rings. The lowest BCUT2D eigenvalue weighted by Gasteiger charge is -2.29. The maximum absolute atomic E-state index is 6.59. The standard InChI is InChI=1S/C44H30N2O2/c1-44(2)35-16-6-5-14-31(35)32-23-21-28(25-36(32)44)46(38-18-9-12-27-11-3-4-13-30(27)38)29-22-24-33-41(26-29)47-40-20-10-15-34(42(33)40)43-45-37-17-7-8-19-39(37)48-43/h3-26H,1-2H3. The number of anilines is 3. The Morgan fingerprint density at radius 1 is 0.521 bits per heavy atom. The average Bonchev–Trinajstić information content (AvgIpc) is 3.79. The summed E-state index contributed by atoms with van der Waals surface area (Å²) in [7, 11) is 0. The van der Waals surface area contributed by atoms with Gasteiger partial charge in [-0.05, 0) is 82.2 Å². The number of hydrogen-bond donors (Lipinski definition) is 0. The van der Waals surface area contributed by atoms with Crippen LogP contribution < -0.4 is 4.90 Å². The Balaban J connectivity index is 1.18. The smallest absolute Gasteiger partial charge is 0.228 e. The Kier molecular flexibility index (Phi) is 5.59. The van der Waals surface area contributed by atoms with Gasteiger partial charge in [-0.2, -0.15) is 0 Å². The molecule has 48 heavy (non-hydrogen) atoms. The van der Waals surface area contributed by atoms with E-state index < -0.39 is 0 Å². The molecular formula is C44H30N2O2. The minimum absolute atomic E-state index is 0.115. The molecule has 0 aliphatic heterocycles. The van der Waals surface area contributed by atoms with E-state index in [2.05, 4.69) is 128 Å². The third-order valence-electron chi connectivity index (χ3n) is 10.1. The number of furan rings is 1. The summed E-state index contributed by atoms with van der Waals surface area (Å²) >= 11 is 0. The van der Waals surface area contributed by atoms with Gasteiger partial charge in [-0.3, -0.25) is 0 Å². The lowest BCUT2D eigenvalue weighted by Crippen LogP contribution is -2.16. The number of para-hydroxylation sites is 2. The SMILES string of the molecule is CC1(C)c2ccccc2-c2ccc(N(c3ccc4c(c3)oc3cccc(-c5nc6ccccc6o5)c34)c3cccc4ccccc34)cc21. The summed E-state index contributed by atoms with van der Waals surface area (Å²) in [5.74, 6) is 0.590. The van der Waals surface area contributed by atoms with Gasteiger partial charge >= 0.3 is 0 Å². The predicted octanol–water partition coefficient (Wildman–Crippen LogP) is 12.3. The molecule has 0 saturated carbocycles. The number of rotatable bonds is 4. The quantitative estimate of drug-likeness (QED) is 0.197. The number of fused-ring (bicyclic) bond motifs is 8. The highest BCUT2D eigenvalue weighted by atomic mass is 16.3. The van der Waals surface area contributed by atoms with Gasteiger partial charge in [-0.25, -0.2) is 4.98 Å². The van der Waals surface area contributed by atoms with Gasteiger partial charge in [-0.15, -0.1) is 0 Å². The van der Waals surface area contributed by atoms with Crippen molar-refractivity contribution in [1.82, 2.24) is 4.98 Å². The molecule has 0 spiro atoms. The van der Waals surface area contributed by atoms with Crippen LogP contribution in [-0.2, 0) is 5.41 Å². The van der Waals surface area contributed by atoms with Crippen molar-refractivity contribution in [2.45, 2.75) is 19.3 Å². The molecule has 4 heteroatoms. The van der Waals surface area contributed by atoms with Crippen LogP contribution in [0.5, 0.6) is 0 Å². The maximum Gasteiger partial charge on any atom is 0.228 e. The molecule has 0 unspecified atom stereocenters. The monoisotopic (exact) mass is 618 g/mol. The summed E-state index contributed by atoms with van der Waals surface area (Å²) in [6.45, 7) is 4.66. The van der Waals surface area contributed by atoms with E-state index in [1.807, 2.05) is 36.4 Å². The Morgan fingerprint density at radius 2 is 1.23 bits per heavy atom. The zero-order valence-electron chi connectivity index (χ0n) is 26.6.